The standard InChI is InChI=1S/C12H14ClNO/c1-3-4-5-8-14-10-6-7-11(13)12(9-10)15-2/h6-7,9,14H,5,8H2,1-2H3. The highest BCUT2D eigenvalue weighted by Gasteiger charge is 2.00. The van der Waals surface area contributed by atoms with Crippen LogP contribution < -0.4 is 10.1 Å². The maximum atomic E-state index is 5.90. The van der Waals surface area contributed by atoms with Crippen LogP contribution in [-0.2, 0) is 0 Å². The largest absolute Gasteiger partial charge is 0.495 e. The van der Waals surface area contributed by atoms with Crippen LogP contribution in [0.25, 0.3) is 0 Å². The summed E-state index contributed by atoms with van der Waals surface area (Å²) in [7, 11) is 1.60. The molecule has 1 aromatic rings. The molecule has 0 aliphatic carbocycles. The summed E-state index contributed by atoms with van der Waals surface area (Å²) in [6.45, 7) is 2.66. The smallest absolute Gasteiger partial charge is 0.139 e. The Hall–Kier alpha value is -1.33. The summed E-state index contributed by atoms with van der Waals surface area (Å²) in [6, 6.07) is 5.61. The molecule has 0 atom stereocenters. The van der Waals surface area contributed by atoms with E-state index in [9.17, 15) is 0 Å². The summed E-state index contributed by atoms with van der Waals surface area (Å²) in [5.41, 5.74) is 0.995. The number of halogens is 1. The first kappa shape index (κ1) is 11.7. The fraction of sp³-hybridized carbons (Fsp3) is 0.333. The monoisotopic (exact) mass is 223 g/mol. The maximum Gasteiger partial charge on any atom is 0.139 e. The Morgan fingerprint density at radius 1 is 1.47 bits per heavy atom. The molecule has 0 bridgehead atoms. The maximum absolute atomic E-state index is 5.90. The molecule has 0 heterocycles. The van der Waals surface area contributed by atoms with Crippen molar-refractivity contribution in [3.8, 4) is 17.6 Å². The van der Waals surface area contributed by atoms with Gasteiger partial charge in [0, 0.05) is 24.7 Å². The molecule has 0 amide bonds. The van der Waals surface area contributed by atoms with Crippen molar-refractivity contribution < 1.29 is 4.74 Å². The topological polar surface area (TPSA) is 21.3 Å². The van der Waals surface area contributed by atoms with Crippen molar-refractivity contribution >= 4 is 17.3 Å². The number of benzene rings is 1. The van der Waals surface area contributed by atoms with E-state index in [1.807, 2.05) is 25.1 Å². The molecule has 0 aliphatic rings. The van der Waals surface area contributed by atoms with Gasteiger partial charge in [-0.05, 0) is 19.1 Å². The molecular formula is C12H14ClNO. The van der Waals surface area contributed by atoms with E-state index in [-0.39, 0.29) is 0 Å². The van der Waals surface area contributed by atoms with E-state index in [1.165, 1.54) is 0 Å². The Kier molecular flexibility index (Phi) is 4.86. The van der Waals surface area contributed by atoms with Crippen molar-refractivity contribution in [3.05, 3.63) is 23.2 Å². The minimum atomic E-state index is 0.622. The molecule has 0 aromatic heterocycles. The van der Waals surface area contributed by atoms with Crippen molar-refractivity contribution in [3.63, 3.8) is 0 Å². The SMILES string of the molecule is CC#CCCNc1ccc(Cl)c(OC)c1. The van der Waals surface area contributed by atoms with Crippen LogP contribution in [0.5, 0.6) is 5.75 Å². The summed E-state index contributed by atoms with van der Waals surface area (Å²) in [5.74, 6) is 6.52. The van der Waals surface area contributed by atoms with E-state index in [1.54, 1.807) is 7.11 Å². The molecule has 0 radical (unpaired) electrons. The van der Waals surface area contributed by atoms with Crippen LogP contribution >= 0.6 is 11.6 Å². The molecule has 3 heteroatoms. The molecule has 0 aliphatic heterocycles. The van der Waals surface area contributed by atoms with E-state index >= 15 is 0 Å². The summed E-state index contributed by atoms with van der Waals surface area (Å²) >= 11 is 5.90. The third kappa shape index (κ3) is 3.73. The molecule has 0 unspecified atom stereocenters. The summed E-state index contributed by atoms with van der Waals surface area (Å²) in [4.78, 5) is 0. The Balaban J connectivity index is 2.57. The fourth-order valence-electron chi connectivity index (χ4n) is 1.16. The van der Waals surface area contributed by atoms with Gasteiger partial charge in [-0.25, -0.2) is 0 Å². The van der Waals surface area contributed by atoms with Gasteiger partial charge in [0.1, 0.15) is 5.75 Å². The average Bonchev–Trinajstić information content (AvgIpc) is 2.26. The van der Waals surface area contributed by atoms with Crippen LogP contribution in [0.1, 0.15) is 13.3 Å². The molecule has 15 heavy (non-hydrogen) atoms. The molecule has 0 saturated heterocycles. The third-order valence-electron chi connectivity index (χ3n) is 1.91. The van der Waals surface area contributed by atoms with Gasteiger partial charge in [0.25, 0.3) is 0 Å². The van der Waals surface area contributed by atoms with Crippen LogP contribution in [-0.4, -0.2) is 13.7 Å². The zero-order chi connectivity index (χ0) is 11.1. The molecule has 1 N–H and O–H groups in total. The van der Waals surface area contributed by atoms with E-state index in [4.69, 9.17) is 16.3 Å². The van der Waals surface area contributed by atoms with Gasteiger partial charge in [-0.3, -0.25) is 0 Å². The summed E-state index contributed by atoms with van der Waals surface area (Å²) in [5, 5.41) is 3.86. The first-order valence-electron chi connectivity index (χ1n) is 4.75. The first-order valence-corrected chi connectivity index (χ1v) is 5.12. The van der Waals surface area contributed by atoms with Gasteiger partial charge in [-0.1, -0.05) is 11.6 Å². The lowest BCUT2D eigenvalue weighted by Gasteiger charge is -2.07. The Morgan fingerprint density at radius 2 is 2.27 bits per heavy atom. The molecule has 2 nitrogen and oxygen atoms in total. The molecule has 0 spiro atoms. The van der Waals surface area contributed by atoms with Gasteiger partial charge in [-0.2, -0.15) is 0 Å². The molecule has 0 fully saturated rings. The predicted molar refractivity (Wildman–Crippen MR) is 64.6 cm³/mol. The highest BCUT2D eigenvalue weighted by Crippen LogP contribution is 2.27. The van der Waals surface area contributed by atoms with Crippen molar-refractivity contribution in [1.82, 2.24) is 0 Å². The zero-order valence-electron chi connectivity index (χ0n) is 8.93. The van der Waals surface area contributed by atoms with Crippen LogP contribution in [0.4, 0.5) is 5.69 Å². The number of hydrogen-bond acceptors (Lipinski definition) is 2. The van der Waals surface area contributed by atoms with Crippen molar-refractivity contribution in [2.24, 2.45) is 0 Å². The second-order valence-corrected chi connectivity index (χ2v) is 3.36. The Labute approximate surface area is 95.6 Å². The quantitative estimate of drug-likeness (QED) is 0.625. The molecule has 80 valence electrons. The number of ether oxygens (including phenoxy) is 1. The summed E-state index contributed by atoms with van der Waals surface area (Å²) < 4.78 is 5.11. The lowest BCUT2D eigenvalue weighted by atomic mass is 10.3. The fourth-order valence-corrected chi connectivity index (χ4v) is 1.36. The normalized spacial score (nSPS) is 9.00. The molecular weight excluding hydrogens is 210 g/mol. The number of nitrogens with one attached hydrogen (secondary N) is 1. The zero-order valence-corrected chi connectivity index (χ0v) is 9.69. The van der Waals surface area contributed by atoms with Gasteiger partial charge in [-0.15, -0.1) is 11.8 Å². The second kappa shape index (κ2) is 6.21. The first-order chi connectivity index (χ1) is 7.27. The number of anilines is 1. The van der Waals surface area contributed by atoms with E-state index < -0.39 is 0 Å². The molecule has 1 rings (SSSR count). The van der Waals surface area contributed by atoms with E-state index in [2.05, 4.69) is 17.2 Å². The molecule has 1 aromatic carbocycles. The van der Waals surface area contributed by atoms with E-state index in [0.29, 0.717) is 10.8 Å². The Morgan fingerprint density at radius 3 is 2.93 bits per heavy atom. The van der Waals surface area contributed by atoms with Crippen molar-refractivity contribution in [2.45, 2.75) is 13.3 Å². The van der Waals surface area contributed by atoms with Crippen LogP contribution in [0.3, 0.4) is 0 Å². The van der Waals surface area contributed by atoms with Crippen molar-refractivity contribution in [2.75, 3.05) is 19.0 Å². The van der Waals surface area contributed by atoms with Gasteiger partial charge in [0.2, 0.25) is 0 Å². The minimum absolute atomic E-state index is 0.622. The van der Waals surface area contributed by atoms with E-state index in [0.717, 1.165) is 18.7 Å². The summed E-state index contributed by atoms with van der Waals surface area (Å²) in [6.07, 6.45) is 0.835. The highest BCUT2D eigenvalue weighted by atomic mass is 35.5. The van der Waals surface area contributed by atoms with Gasteiger partial charge in [0.05, 0.1) is 12.1 Å². The average molecular weight is 224 g/mol. The number of methoxy groups -OCH3 is 1. The minimum Gasteiger partial charge on any atom is -0.495 e. The Bertz CT molecular complexity index is 379. The van der Waals surface area contributed by atoms with Gasteiger partial charge < -0.3 is 10.1 Å². The van der Waals surface area contributed by atoms with Crippen LogP contribution in [0, 0.1) is 11.8 Å². The van der Waals surface area contributed by atoms with Gasteiger partial charge >= 0.3 is 0 Å². The highest BCUT2D eigenvalue weighted by molar-refractivity contribution is 6.32. The molecule has 0 saturated carbocycles. The number of rotatable bonds is 4. The third-order valence-corrected chi connectivity index (χ3v) is 2.22. The lowest BCUT2D eigenvalue weighted by molar-refractivity contribution is 0.415. The van der Waals surface area contributed by atoms with Crippen LogP contribution in [0.2, 0.25) is 5.02 Å². The van der Waals surface area contributed by atoms with Crippen LogP contribution in [0.15, 0.2) is 18.2 Å². The van der Waals surface area contributed by atoms with Gasteiger partial charge in [0.15, 0.2) is 0 Å². The lowest BCUT2D eigenvalue weighted by Crippen LogP contribution is -2.00. The second-order valence-electron chi connectivity index (χ2n) is 2.95. The number of hydrogen-bond donors (Lipinski definition) is 1. The predicted octanol–water partition coefficient (Wildman–Crippen LogP) is 3.17. The van der Waals surface area contributed by atoms with Crippen molar-refractivity contribution in [1.29, 1.82) is 0 Å².